The zero-order valence-electron chi connectivity index (χ0n) is 7.80. The molecule has 0 aliphatic carbocycles. The van der Waals surface area contributed by atoms with Crippen molar-refractivity contribution in [2.24, 2.45) is 0 Å². The Bertz CT molecular complexity index is 241. The molecule has 0 unspecified atom stereocenters. The maximum atomic E-state index is 11.7. The summed E-state index contributed by atoms with van der Waals surface area (Å²) in [4.78, 5) is 20.6. The van der Waals surface area contributed by atoms with Crippen molar-refractivity contribution in [3.63, 3.8) is 0 Å². The van der Waals surface area contributed by atoms with E-state index in [-0.39, 0.29) is 6.42 Å². The average Bonchev–Trinajstić information content (AvgIpc) is 2.09. The third kappa shape index (κ3) is 5.21. The molecule has 0 aromatic rings. The van der Waals surface area contributed by atoms with Crippen molar-refractivity contribution in [3.8, 4) is 0 Å². The lowest BCUT2D eigenvalue weighted by molar-refractivity contribution is -0.173. The Hall–Kier alpha value is -1.31. The highest BCUT2D eigenvalue weighted by molar-refractivity contribution is 5.81. The van der Waals surface area contributed by atoms with Gasteiger partial charge < -0.3 is 15.2 Å². The fraction of sp³-hybridized carbons (Fsp3) is 0.714. The van der Waals surface area contributed by atoms with Crippen LogP contribution in [0.5, 0.6) is 0 Å². The van der Waals surface area contributed by atoms with E-state index in [0.29, 0.717) is 0 Å². The summed E-state index contributed by atoms with van der Waals surface area (Å²) >= 11 is 0. The number of carboxylic acids is 1. The number of hydrogen-bond donors (Lipinski definition) is 2. The van der Waals surface area contributed by atoms with Crippen molar-refractivity contribution in [2.45, 2.75) is 18.7 Å². The van der Waals surface area contributed by atoms with E-state index in [9.17, 15) is 22.8 Å². The van der Waals surface area contributed by atoms with Crippen LogP contribution in [0.1, 0.15) is 6.42 Å². The van der Waals surface area contributed by atoms with E-state index in [2.05, 4.69) is 4.74 Å². The lowest BCUT2D eigenvalue weighted by Crippen LogP contribution is -2.39. The number of ether oxygens (including phenoxy) is 1. The summed E-state index contributed by atoms with van der Waals surface area (Å²) in [5.74, 6) is -3.39. The van der Waals surface area contributed by atoms with Gasteiger partial charge in [0.2, 0.25) is 0 Å². The van der Waals surface area contributed by atoms with E-state index in [1.807, 2.05) is 0 Å². The maximum absolute atomic E-state index is 11.7. The number of rotatable bonds is 5. The Morgan fingerprint density at radius 2 is 2.00 bits per heavy atom. The molecule has 0 aliphatic heterocycles. The number of halogens is 3. The van der Waals surface area contributed by atoms with Crippen LogP contribution in [-0.2, 0) is 14.3 Å². The first-order chi connectivity index (χ1) is 6.79. The van der Waals surface area contributed by atoms with Crippen LogP contribution in [0.3, 0.4) is 0 Å². The van der Waals surface area contributed by atoms with Crippen LogP contribution in [0.4, 0.5) is 13.2 Å². The summed E-state index contributed by atoms with van der Waals surface area (Å²) in [5.41, 5.74) is 0. The number of hydrogen-bond acceptors (Lipinski definition) is 3. The molecule has 0 saturated carbocycles. The molecular formula is C7H10F3NO4. The van der Waals surface area contributed by atoms with Crippen LogP contribution in [-0.4, -0.2) is 42.9 Å². The molecule has 0 saturated heterocycles. The van der Waals surface area contributed by atoms with Crippen LogP contribution in [0.25, 0.3) is 0 Å². The van der Waals surface area contributed by atoms with Crippen LogP contribution in [0.15, 0.2) is 0 Å². The molecule has 0 rings (SSSR count). The van der Waals surface area contributed by atoms with Crippen molar-refractivity contribution in [2.75, 3.05) is 13.7 Å². The molecule has 88 valence electrons. The Kier molecular flexibility index (Phi) is 5.06. The maximum Gasteiger partial charge on any atom is 0.471 e. The van der Waals surface area contributed by atoms with Gasteiger partial charge in [0, 0.05) is 20.1 Å². The fourth-order valence-electron chi connectivity index (χ4n) is 0.759. The van der Waals surface area contributed by atoms with Crippen molar-refractivity contribution in [3.05, 3.63) is 0 Å². The molecule has 0 aliphatic rings. The predicted molar refractivity (Wildman–Crippen MR) is 42.1 cm³/mol. The molecule has 5 nitrogen and oxygen atoms in total. The summed E-state index contributed by atoms with van der Waals surface area (Å²) in [7, 11) is 1.12. The number of carboxylic acid groups (broad SMARTS) is 1. The molecule has 0 bridgehead atoms. The van der Waals surface area contributed by atoms with Crippen molar-refractivity contribution in [1.82, 2.24) is 5.32 Å². The molecule has 1 amide bonds. The molecule has 0 aromatic carbocycles. The third-order valence-corrected chi connectivity index (χ3v) is 1.51. The van der Waals surface area contributed by atoms with Gasteiger partial charge in [0.25, 0.3) is 0 Å². The number of carbonyl (C=O) groups excluding carboxylic acids is 1. The van der Waals surface area contributed by atoms with Crippen LogP contribution < -0.4 is 5.32 Å². The van der Waals surface area contributed by atoms with Gasteiger partial charge >= 0.3 is 18.1 Å². The van der Waals surface area contributed by atoms with Crippen molar-refractivity contribution < 1.29 is 32.6 Å². The monoisotopic (exact) mass is 229 g/mol. The second-order valence-electron chi connectivity index (χ2n) is 2.60. The van der Waals surface area contributed by atoms with Gasteiger partial charge in [-0.1, -0.05) is 0 Å². The third-order valence-electron chi connectivity index (χ3n) is 1.51. The van der Waals surface area contributed by atoms with Gasteiger partial charge in [0.15, 0.2) is 6.10 Å². The first-order valence-electron chi connectivity index (χ1n) is 3.89. The standard InChI is InChI=1S/C7H10F3NO4/c1-15-4(5(12)13)2-3-11-6(14)7(8,9)10/h4H,2-3H2,1H3,(H,11,14)(H,12,13)/t4-/m1/s1. The Morgan fingerprint density at radius 1 is 1.47 bits per heavy atom. The smallest absolute Gasteiger partial charge is 0.471 e. The van der Waals surface area contributed by atoms with Crippen molar-refractivity contribution in [1.29, 1.82) is 0 Å². The molecule has 0 heterocycles. The van der Waals surface area contributed by atoms with Gasteiger partial charge in [-0.2, -0.15) is 13.2 Å². The van der Waals surface area contributed by atoms with E-state index in [4.69, 9.17) is 5.11 Å². The minimum Gasteiger partial charge on any atom is -0.479 e. The summed E-state index contributed by atoms with van der Waals surface area (Å²) < 4.78 is 39.4. The highest BCUT2D eigenvalue weighted by Crippen LogP contribution is 2.13. The summed E-state index contributed by atoms with van der Waals surface area (Å²) in [6, 6.07) is 0. The van der Waals surface area contributed by atoms with Crippen molar-refractivity contribution >= 4 is 11.9 Å². The first kappa shape index (κ1) is 13.7. The topological polar surface area (TPSA) is 75.6 Å². The number of amides is 1. The Morgan fingerprint density at radius 3 is 2.33 bits per heavy atom. The number of aliphatic carboxylic acids is 1. The van der Waals surface area contributed by atoms with Crippen LogP contribution in [0.2, 0.25) is 0 Å². The lowest BCUT2D eigenvalue weighted by Gasteiger charge is -2.11. The number of methoxy groups -OCH3 is 1. The van der Waals surface area contributed by atoms with Gasteiger partial charge in [-0.15, -0.1) is 0 Å². The number of alkyl halides is 3. The summed E-state index contributed by atoms with van der Waals surface area (Å²) in [5, 5.41) is 9.97. The number of nitrogens with one attached hydrogen (secondary N) is 1. The molecule has 0 radical (unpaired) electrons. The second kappa shape index (κ2) is 5.54. The van der Waals surface area contributed by atoms with E-state index in [1.165, 1.54) is 5.32 Å². The van der Waals surface area contributed by atoms with E-state index in [1.54, 1.807) is 0 Å². The minimum atomic E-state index is -4.95. The van der Waals surface area contributed by atoms with E-state index in [0.717, 1.165) is 7.11 Å². The minimum absolute atomic E-state index is 0.229. The van der Waals surface area contributed by atoms with Crippen LogP contribution in [0, 0.1) is 0 Å². The second-order valence-corrected chi connectivity index (χ2v) is 2.60. The molecule has 0 fully saturated rings. The molecule has 1 atom stereocenters. The normalized spacial score (nSPS) is 13.3. The molecule has 2 N–H and O–H groups in total. The highest BCUT2D eigenvalue weighted by Gasteiger charge is 2.38. The van der Waals surface area contributed by atoms with E-state index >= 15 is 0 Å². The SMILES string of the molecule is CO[C@H](CCNC(=O)C(F)(F)F)C(=O)O. The predicted octanol–water partition coefficient (Wildman–Crippen LogP) is 0.155. The summed E-state index contributed by atoms with van der Waals surface area (Å²) in [6.07, 6.45) is -6.40. The zero-order valence-corrected chi connectivity index (χ0v) is 7.80. The molecule has 0 spiro atoms. The highest BCUT2D eigenvalue weighted by atomic mass is 19.4. The summed E-state index contributed by atoms with van der Waals surface area (Å²) in [6.45, 7) is -0.414. The fourth-order valence-corrected chi connectivity index (χ4v) is 0.759. The average molecular weight is 229 g/mol. The molecule has 15 heavy (non-hydrogen) atoms. The number of carbonyl (C=O) groups is 2. The van der Waals surface area contributed by atoms with Gasteiger partial charge in [0.05, 0.1) is 0 Å². The molecular weight excluding hydrogens is 219 g/mol. The van der Waals surface area contributed by atoms with E-state index < -0.39 is 30.7 Å². The van der Waals surface area contributed by atoms with Gasteiger partial charge in [-0.05, 0) is 0 Å². The van der Waals surface area contributed by atoms with Crippen LogP contribution >= 0.6 is 0 Å². The Labute approximate surface area is 83.2 Å². The Balaban J connectivity index is 3.89. The first-order valence-corrected chi connectivity index (χ1v) is 3.89. The molecule has 8 heteroatoms. The quantitative estimate of drug-likeness (QED) is 0.703. The van der Waals surface area contributed by atoms with Gasteiger partial charge in [0.1, 0.15) is 0 Å². The van der Waals surface area contributed by atoms with Gasteiger partial charge in [-0.3, -0.25) is 4.79 Å². The molecule has 0 aromatic heterocycles. The lowest BCUT2D eigenvalue weighted by atomic mass is 10.2. The zero-order chi connectivity index (χ0) is 12.1. The largest absolute Gasteiger partial charge is 0.479 e. The van der Waals surface area contributed by atoms with Gasteiger partial charge in [-0.25, -0.2) is 4.79 Å².